The van der Waals surface area contributed by atoms with Crippen molar-refractivity contribution in [1.29, 1.82) is 0 Å². The zero-order valence-electron chi connectivity index (χ0n) is 7.29. The lowest BCUT2D eigenvalue weighted by atomic mass is 10.1. The molecule has 0 fully saturated rings. The molecule has 0 heterocycles. The average molecular weight is 180 g/mol. The van der Waals surface area contributed by atoms with E-state index in [-0.39, 0.29) is 0 Å². The van der Waals surface area contributed by atoms with Crippen molar-refractivity contribution in [3.63, 3.8) is 0 Å². The summed E-state index contributed by atoms with van der Waals surface area (Å²) in [6, 6.07) is 5.47. The smallest absolute Gasteiger partial charge is 0.335 e. The molecule has 0 saturated heterocycles. The Hall–Kier alpha value is -1.09. The monoisotopic (exact) mass is 180 g/mol. The van der Waals surface area contributed by atoms with Crippen LogP contribution in [0.15, 0.2) is 18.2 Å². The van der Waals surface area contributed by atoms with Gasteiger partial charge >= 0.3 is 5.97 Å². The standard InChI is InChI=1S/C9H12O2Si/c1-2-6-4-3-5-7(8(6)12)9(10)11/h3-5H,2H2,1,12H3,(H,10,11). The molecule has 1 aromatic rings. The highest BCUT2D eigenvalue weighted by molar-refractivity contribution is 6.37. The van der Waals surface area contributed by atoms with Gasteiger partial charge in [-0.15, -0.1) is 0 Å². The second kappa shape index (κ2) is 3.54. The predicted molar refractivity (Wildman–Crippen MR) is 52.4 cm³/mol. The summed E-state index contributed by atoms with van der Waals surface area (Å²) in [4.78, 5) is 10.7. The van der Waals surface area contributed by atoms with Crippen LogP contribution in [-0.4, -0.2) is 21.3 Å². The largest absolute Gasteiger partial charge is 0.478 e. The molecular formula is C9H12O2Si. The van der Waals surface area contributed by atoms with E-state index >= 15 is 0 Å². The van der Waals surface area contributed by atoms with Gasteiger partial charge in [-0.05, 0) is 18.1 Å². The zero-order chi connectivity index (χ0) is 9.14. The molecule has 0 amide bonds. The Labute approximate surface area is 74.7 Å². The van der Waals surface area contributed by atoms with Gasteiger partial charge in [0.05, 0.1) is 5.56 Å². The highest BCUT2D eigenvalue weighted by Crippen LogP contribution is 2.01. The molecule has 2 nitrogen and oxygen atoms in total. The number of carboxylic acid groups (broad SMARTS) is 1. The molecule has 1 N–H and O–H groups in total. The third kappa shape index (κ3) is 1.56. The van der Waals surface area contributed by atoms with E-state index in [4.69, 9.17) is 5.11 Å². The van der Waals surface area contributed by atoms with Crippen molar-refractivity contribution in [3.05, 3.63) is 29.3 Å². The van der Waals surface area contributed by atoms with E-state index in [0.29, 0.717) is 5.56 Å². The van der Waals surface area contributed by atoms with Crippen LogP contribution in [0.1, 0.15) is 22.8 Å². The van der Waals surface area contributed by atoms with Gasteiger partial charge in [-0.2, -0.15) is 0 Å². The maximum absolute atomic E-state index is 10.7. The summed E-state index contributed by atoms with van der Waals surface area (Å²) < 4.78 is 0. The number of aryl methyl sites for hydroxylation is 1. The van der Waals surface area contributed by atoms with Crippen molar-refractivity contribution in [1.82, 2.24) is 0 Å². The molecule has 1 aromatic carbocycles. The SMILES string of the molecule is CCc1cccc(C(=O)O)c1[SiH3]. The first-order chi connectivity index (χ1) is 5.66. The van der Waals surface area contributed by atoms with Crippen molar-refractivity contribution in [2.45, 2.75) is 13.3 Å². The average Bonchev–Trinajstić information content (AvgIpc) is 2.04. The first-order valence-electron chi connectivity index (χ1n) is 3.98. The molecular weight excluding hydrogens is 168 g/mol. The molecule has 0 spiro atoms. The fraction of sp³-hybridized carbons (Fsp3) is 0.222. The van der Waals surface area contributed by atoms with Crippen LogP contribution >= 0.6 is 0 Å². The number of hydrogen-bond acceptors (Lipinski definition) is 1. The maximum Gasteiger partial charge on any atom is 0.335 e. The second-order valence-electron chi connectivity index (χ2n) is 2.75. The van der Waals surface area contributed by atoms with Gasteiger partial charge in [0.2, 0.25) is 0 Å². The molecule has 0 aliphatic carbocycles. The Bertz CT molecular complexity index is 307. The van der Waals surface area contributed by atoms with Crippen LogP contribution in [0.2, 0.25) is 0 Å². The van der Waals surface area contributed by atoms with Crippen LogP contribution in [0.5, 0.6) is 0 Å². The van der Waals surface area contributed by atoms with Gasteiger partial charge in [0.25, 0.3) is 0 Å². The lowest BCUT2D eigenvalue weighted by Crippen LogP contribution is -2.19. The third-order valence-corrected chi connectivity index (χ3v) is 3.24. The van der Waals surface area contributed by atoms with Gasteiger partial charge < -0.3 is 5.11 Å². The topological polar surface area (TPSA) is 37.3 Å². The first kappa shape index (κ1) is 9.00. The zero-order valence-corrected chi connectivity index (χ0v) is 9.29. The summed E-state index contributed by atoms with van der Waals surface area (Å²) in [5, 5.41) is 9.83. The Morgan fingerprint density at radius 3 is 2.75 bits per heavy atom. The summed E-state index contributed by atoms with van der Waals surface area (Å²) in [7, 11) is 0.804. The normalized spacial score (nSPS) is 10.1. The summed E-state index contributed by atoms with van der Waals surface area (Å²) in [6.07, 6.45) is 0.917. The minimum Gasteiger partial charge on any atom is -0.478 e. The fourth-order valence-electron chi connectivity index (χ4n) is 1.30. The molecule has 0 saturated carbocycles. The van der Waals surface area contributed by atoms with Crippen LogP contribution in [-0.2, 0) is 6.42 Å². The van der Waals surface area contributed by atoms with Gasteiger partial charge in [0.15, 0.2) is 0 Å². The molecule has 0 unspecified atom stereocenters. The summed E-state index contributed by atoms with van der Waals surface area (Å²) in [5.74, 6) is -0.810. The summed E-state index contributed by atoms with van der Waals surface area (Å²) in [6.45, 7) is 2.04. The Morgan fingerprint density at radius 2 is 2.25 bits per heavy atom. The van der Waals surface area contributed by atoms with Gasteiger partial charge in [0.1, 0.15) is 0 Å². The molecule has 0 aromatic heterocycles. The van der Waals surface area contributed by atoms with E-state index in [2.05, 4.69) is 0 Å². The molecule has 64 valence electrons. The van der Waals surface area contributed by atoms with Crippen LogP contribution in [0, 0.1) is 0 Å². The molecule has 0 atom stereocenters. The van der Waals surface area contributed by atoms with Crippen LogP contribution in [0.4, 0.5) is 0 Å². The van der Waals surface area contributed by atoms with Gasteiger partial charge in [0, 0.05) is 10.2 Å². The molecule has 3 heteroatoms. The second-order valence-corrected chi connectivity index (χ2v) is 3.75. The number of aromatic carboxylic acids is 1. The molecule has 0 aliphatic rings. The van der Waals surface area contributed by atoms with E-state index in [1.807, 2.05) is 19.1 Å². The minimum absolute atomic E-state index is 0.473. The minimum atomic E-state index is -0.810. The summed E-state index contributed by atoms with van der Waals surface area (Å²) in [5.41, 5.74) is 1.64. The third-order valence-electron chi connectivity index (χ3n) is 2.06. The quantitative estimate of drug-likeness (QED) is 0.647. The first-order valence-corrected chi connectivity index (χ1v) is 4.98. The Balaban J connectivity index is 3.23. The maximum atomic E-state index is 10.7. The van der Waals surface area contributed by atoms with E-state index in [1.165, 1.54) is 5.56 Å². The van der Waals surface area contributed by atoms with E-state index < -0.39 is 5.97 Å². The molecule has 0 bridgehead atoms. The van der Waals surface area contributed by atoms with E-state index in [9.17, 15) is 4.79 Å². The van der Waals surface area contributed by atoms with Crippen molar-refractivity contribution in [2.24, 2.45) is 0 Å². The Kier molecular flexibility index (Phi) is 2.65. The number of carbonyl (C=O) groups is 1. The van der Waals surface area contributed by atoms with Crippen LogP contribution in [0.3, 0.4) is 0 Å². The predicted octanol–water partition coefficient (Wildman–Crippen LogP) is -0.0621. The van der Waals surface area contributed by atoms with Crippen LogP contribution in [0.25, 0.3) is 0 Å². The van der Waals surface area contributed by atoms with Gasteiger partial charge in [-0.25, -0.2) is 4.79 Å². The number of benzene rings is 1. The lowest BCUT2D eigenvalue weighted by molar-refractivity contribution is 0.0698. The van der Waals surface area contributed by atoms with Crippen molar-refractivity contribution in [2.75, 3.05) is 0 Å². The van der Waals surface area contributed by atoms with Gasteiger partial charge in [-0.1, -0.05) is 24.2 Å². The van der Waals surface area contributed by atoms with Crippen molar-refractivity contribution in [3.8, 4) is 0 Å². The van der Waals surface area contributed by atoms with Gasteiger partial charge in [-0.3, -0.25) is 0 Å². The van der Waals surface area contributed by atoms with Crippen molar-refractivity contribution < 1.29 is 9.90 Å². The Morgan fingerprint density at radius 1 is 1.58 bits per heavy atom. The number of hydrogen-bond donors (Lipinski definition) is 1. The van der Waals surface area contributed by atoms with Crippen molar-refractivity contribution >= 4 is 21.4 Å². The van der Waals surface area contributed by atoms with E-state index in [1.54, 1.807) is 6.07 Å². The lowest BCUT2D eigenvalue weighted by Gasteiger charge is -2.05. The van der Waals surface area contributed by atoms with E-state index in [0.717, 1.165) is 21.9 Å². The molecule has 1 rings (SSSR count). The summed E-state index contributed by atoms with van der Waals surface area (Å²) >= 11 is 0. The fourth-order valence-corrected chi connectivity index (χ4v) is 2.20. The molecule has 0 aliphatic heterocycles. The number of carboxylic acids is 1. The molecule has 0 radical (unpaired) electrons. The molecule has 12 heavy (non-hydrogen) atoms. The van der Waals surface area contributed by atoms with Crippen LogP contribution < -0.4 is 5.19 Å². The highest BCUT2D eigenvalue weighted by atomic mass is 28.1. The number of rotatable bonds is 2. The highest BCUT2D eigenvalue weighted by Gasteiger charge is 2.07.